The zero-order chi connectivity index (χ0) is 10.6. The molecule has 1 nitrogen and oxygen atoms in total. The van der Waals surface area contributed by atoms with Gasteiger partial charge in [0.15, 0.2) is 0 Å². The van der Waals surface area contributed by atoms with E-state index in [0.717, 1.165) is 35.5 Å². The molecular formula is C14H25N. The maximum absolute atomic E-state index is 6.37. The van der Waals surface area contributed by atoms with E-state index >= 15 is 0 Å². The molecule has 0 amide bonds. The van der Waals surface area contributed by atoms with Crippen LogP contribution in [0.1, 0.15) is 46.0 Å². The summed E-state index contributed by atoms with van der Waals surface area (Å²) in [6.07, 6.45) is 7.19. The molecule has 1 heteroatoms. The van der Waals surface area contributed by atoms with E-state index < -0.39 is 0 Å². The number of hydrogen-bond donors (Lipinski definition) is 1. The molecule has 6 unspecified atom stereocenters. The lowest BCUT2D eigenvalue weighted by molar-refractivity contribution is 0.135. The molecule has 0 aromatic rings. The van der Waals surface area contributed by atoms with Crippen LogP contribution in [0.25, 0.3) is 0 Å². The highest BCUT2D eigenvalue weighted by Crippen LogP contribution is 2.62. The first kappa shape index (κ1) is 10.1. The highest BCUT2D eigenvalue weighted by Gasteiger charge is 2.56. The number of hydrogen-bond acceptors (Lipinski definition) is 1. The Morgan fingerprint density at radius 3 is 2.33 bits per heavy atom. The molecule has 3 fully saturated rings. The van der Waals surface area contributed by atoms with Crippen LogP contribution < -0.4 is 5.73 Å². The average Bonchev–Trinajstić information content (AvgIpc) is 2.73. The van der Waals surface area contributed by atoms with Crippen LogP contribution in [0.5, 0.6) is 0 Å². The molecule has 2 N–H and O–H groups in total. The fourth-order valence-corrected chi connectivity index (χ4v) is 5.45. The molecule has 0 spiro atoms. The summed E-state index contributed by atoms with van der Waals surface area (Å²) in [7, 11) is 0. The summed E-state index contributed by atoms with van der Waals surface area (Å²) in [5.41, 5.74) is 6.37. The number of fused-ring (bicyclic) bond motifs is 5. The summed E-state index contributed by atoms with van der Waals surface area (Å²) in [6, 6.07) is 0.542. The van der Waals surface area contributed by atoms with Crippen molar-refractivity contribution in [2.75, 3.05) is 0 Å². The summed E-state index contributed by atoms with van der Waals surface area (Å²) in [6.45, 7) is 4.86. The molecule has 2 bridgehead atoms. The van der Waals surface area contributed by atoms with Crippen molar-refractivity contribution >= 4 is 0 Å². The smallest absolute Gasteiger partial charge is 0.00726 e. The Hall–Kier alpha value is -0.0400. The van der Waals surface area contributed by atoms with Crippen LogP contribution in [-0.4, -0.2) is 6.04 Å². The van der Waals surface area contributed by atoms with Gasteiger partial charge in [0.05, 0.1) is 0 Å². The molecule has 15 heavy (non-hydrogen) atoms. The number of nitrogens with two attached hydrogens (primary N) is 1. The monoisotopic (exact) mass is 207 g/mol. The van der Waals surface area contributed by atoms with Gasteiger partial charge in [0.25, 0.3) is 0 Å². The Kier molecular flexibility index (Phi) is 2.35. The molecular weight excluding hydrogens is 182 g/mol. The van der Waals surface area contributed by atoms with E-state index in [1.165, 1.54) is 32.1 Å². The number of rotatable bonds is 1. The van der Waals surface area contributed by atoms with Crippen molar-refractivity contribution in [3.05, 3.63) is 0 Å². The molecule has 0 heterocycles. The van der Waals surface area contributed by atoms with Gasteiger partial charge in [-0.1, -0.05) is 20.3 Å². The zero-order valence-electron chi connectivity index (χ0n) is 10.2. The molecule has 3 rings (SSSR count). The second-order valence-electron chi connectivity index (χ2n) is 6.56. The molecule has 0 saturated heterocycles. The average molecular weight is 207 g/mol. The van der Waals surface area contributed by atoms with Crippen LogP contribution in [0.3, 0.4) is 0 Å². The largest absolute Gasteiger partial charge is 0.327 e. The topological polar surface area (TPSA) is 26.0 Å². The Balaban J connectivity index is 1.88. The van der Waals surface area contributed by atoms with Crippen LogP contribution in [0.15, 0.2) is 0 Å². The first-order chi connectivity index (χ1) is 7.20. The molecule has 3 saturated carbocycles. The first-order valence-electron chi connectivity index (χ1n) is 6.95. The van der Waals surface area contributed by atoms with Gasteiger partial charge in [0.2, 0.25) is 0 Å². The quantitative estimate of drug-likeness (QED) is 0.702. The van der Waals surface area contributed by atoms with E-state index in [4.69, 9.17) is 5.73 Å². The predicted molar refractivity (Wildman–Crippen MR) is 63.3 cm³/mol. The van der Waals surface area contributed by atoms with E-state index in [1.807, 2.05) is 0 Å². The molecule has 6 atom stereocenters. The third-order valence-electron chi connectivity index (χ3n) is 5.70. The minimum absolute atomic E-state index is 0.542. The van der Waals surface area contributed by atoms with Gasteiger partial charge >= 0.3 is 0 Å². The van der Waals surface area contributed by atoms with Gasteiger partial charge in [-0.2, -0.15) is 0 Å². The van der Waals surface area contributed by atoms with Crippen LogP contribution in [-0.2, 0) is 0 Å². The summed E-state index contributed by atoms with van der Waals surface area (Å²) >= 11 is 0. The minimum Gasteiger partial charge on any atom is -0.327 e. The Labute approximate surface area is 93.8 Å². The summed E-state index contributed by atoms with van der Waals surface area (Å²) in [5, 5.41) is 0. The van der Waals surface area contributed by atoms with Gasteiger partial charge in [0.1, 0.15) is 0 Å². The standard InChI is InChI=1S/C14H25N/c1-8(2)13-10-6-7-11(13)14-9(10)4-3-5-12(14)15/h8-14H,3-7,15H2,1-2H3. The van der Waals surface area contributed by atoms with Gasteiger partial charge in [0, 0.05) is 6.04 Å². The molecule has 0 radical (unpaired) electrons. The summed E-state index contributed by atoms with van der Waals surface area (Å²) < 4.78 is 0. The van der Waals surface area contributed by atoms with Gasteiger partial charge in [-0.25, -0.2) is 0 Å². The van der Waals surface area contributed by atoms with Crippen molar-refractivity contribution in [1.82, 2.24) is 0 Å². The fourth-order valence-electron chi connectivity index (χ4n) is 5.45. The molecule has 0 aromatic heterocycles. The van der Waals surface area contributed by atoms with Crippen molar-refractivity contribution < 1.29 is 0 Å². The fraction of sp³-hybridized carbons (Fsp3) is 1.00. The van der Waals surface area contributed by atoms with E-state index in [-0.39, 0.29) is 0 Å². The summed E-state index contributed by atoms with van der Waals surface area (Å²) in [5.74, 6) is 5.87. The maximum Gasteiger partial charge on any atom is 0.00726 e. The second kappa shape index (κ2) is 3.48. The third-order valence-corrected chi connectivity index (χ3v) is 5.70. The van der Waals surface area contributed by atoms with Gasteiger partial charge in [-0.3, -0.25) is 0 Å². The normalized spacial score (nSPS) is 53.6. The molecule has 0 aliphatic heterocycles. The molecule has 0 aromatic carbocycles. The lowest BCUT2D eigenvalue weighted by Gasteiger charge is -2.39. The van der Waals surface area contributed by atoms with Gasteiger partial charge < -0.3 is 5.73 Å². The highest BCUT2D eigenvalue weighted by atomic mass is 14.7. The van der Waals surface area contributed by atoms with Crippen LogP contribution in [0, 0.1) is 35.5 Å². The van der Waals surface area contributed by atoms with E-state index in [2.05, 4.69) is 13.8 Å². The van der Waals surface area contributed by atoms with Gasteiger partial charge in [-0.15, -0.1) is 0 Å². The van der Waals surface area contributed by atoms with Crippen molar-refractivity contribution in [2.24, 2.45) is 41.2 Å². The van der Waals surface area contributed by atoms with Gasteiger partial charge in [-0.05, 0) is 61.2 Å². The van der Waals surface area contributed by atoms with Crippen molar-refractivity contribution in [3.63, 3.8) is 0 Å². The SMILES string of the molecule is CC(C)C1C2CCC1C1C(N)CCCC21. The molecule has 3 aliphatic carbocycles. The third kappa shape index (κ3) is 1.32. The van der Waals surface area contributed by atoms with Crippen LogP contribution in [0.2, 0.25) is 0 Å². The maximum atomic E-state index is 6.37. The van der Waals surface area contributed by atoms with E-state index in [0.29, 0.717) is 6.04 Å². The minimum atomic E-state index is 0.542. The molecule has 3 aliphatic rings. The van der Waals surface area contributed by atoms with Crippen molar-refractivity contribution in [2.45, 2.75) is 52.0 Å². The highest BCUT2D eigenvalue weighted by molar-refractivity contribution is 5.06. The van der Waals surface area contributed by atoms with E-state index in [9.17, 15) is 0 Å². The van der Waals surface area contributed by atoms with E-state index in [1.54, 1.807) is 0 Å². The zero-order valence-corrected chi connectivity index (χ0v) is 10.2. The summed E-state index contributed by atoms with van der Waals surface area (Å²) in [4.78, 5) is 0. The Bertz CT molecular complexity index is 248. The molecule has 86 valence electrons. The van der Waals surface area contributed by atoms with Crippen LogP contribution >= 0.6 is 0 Å². The predicted octanol–water partition coefficient (Wildman–Crippen LogP) is 3.04. The first-order valence-corrected chi connectivity index (χ1v) is 6.95. The lowest BCUT2D eigenvalue weighted by Crippen LogP contribution is -2.41. The van der Waals surface area contributed by atoms with Crippen LogP contribution in [0.4, 0.5) is 0 Å². The second-order valence-corrected chi connectivity index (χ2v) is 6.56. The Morgan fingerprint density at radius 1 is 0.933 bits per heavy atom. The van der Waals surface area contributed by atoms with Crippen molar-refractivity contribution in [3.8, 4) is 0 Å². The lowest BCUT2D eigenvalue weighted by atomic mass is 9.69. The van der Waals surface area contributed by atoms with Crippen molar-refractivity contribution in [1.29, 1.82) is 0 Å². The Morgan fingerprint density at radius 2 is 1.67 bits per heavy atom.